The fraction of sp³-hybridized carbons (Fsp3) is 0.0526. The van der Waals surface area contributed by atoms with E-state index in [9.17, 15) is 9.59 Å². The number of aromatic nitrogens is 2. The van der Waals surface area contributed by atoms with Crippen LogP contribution in [0.3, 0.4) is 0 Å². The lowest BCUT2D eigenvalue weighted by atomic mass is 10.1. The number of carbonyl (C=O) groups excluding carboxylic acids is 1. The number of fused-ring (bicyclic) bond motifs is 1. The van der Waals surface area contributed by atoms with Crippen molar-refractivity contribution in [1.82, 2.24) is 15.6 Å². The van der Waals surface area contributed by atoms with E-state index in [1.165, 1.54) is 6.21 Å². The Morgan fingerprint density at radius 2 is 1.80 bits per heavy atom. The second-order valence-electron chi connectivity index (χ2n) is 5.30. The number of hydrogen-bond donors (Lipinski definition) is 2. The summed E-state index contributed by atoms with van der Waals surface area (Å²) in [6, 6.07) is 16.8. The zero-order chi connectivity index (χ0) is 17.5. The highest BCUT2D eigenvalue weighted by Gasteiger charge is 2.09. The molecular weight excluding hydrogens is 316 g/mol. The van der Waals surface area contributed by atoms with Gasteiger partial charge in [0, 0.05) is 11.6 Å². The van der Waals surface area contributed by atoms with Gasteiger partial charge in [-0.1, -0.05) is 54.6 Å². The molecule has 25 heavy (non-hydrogen) atoms. The van der Waals surface area contributed by atoms with E-state index in [1.807, 2.05) is 36.4 Å². The van der Waals surface area contributed by atoms with Crippen molar-refractivity contribution in [1.29, 1.82) is 0 Å². The molecule has 2 N–H and O–H groups in total. The Balaban J connectivity index is 1.62. The number of hydrazone groups is 1. The average Bonchev–Trinajstić information content (AvgIpc) is 2.65. The summed E-state index contributed by atoms with van der Waals surface area (Å²) in [5, 5.41) is 11.4. The van der Waals surface area contributed by atoms with Gasteiger partial charge in [0.05, 0.1) is 17.5 Å². The minimum Gasteiger partial charge on any atom is -0.273 e. The molecule has 0 radical (unpaired) electrons. The molecule has 1 aromatic heterocycles. The molecule has 0 saturated carbocycles. The van der Waals surface area contributed by atoms with Gasteiger partial charge in [-0.05, 0) is 17.7 Å². The van der Waals surface area contributed by atoms with Crippen molar-refractivity contribution < 1.29 is 4.79 Å². The van der Waals surface area contributed by atoms with E-state index in [4.69, 9.17) is 0 Å². The van der Waals surface area contributed by atoms with Gasteiger partial charge in [0.2, 0.25) is 5.91 Å². The Bertz CT molecular complexity index is 991. The SMILES string of the molecule is O=C(Cc1n[nH]c(=O)c2ccccc12)N/N=C/C=C/c1ccccc1. The van der Waals surface area contributed by atoms with Gasteiger partial charge in [-0.3, -0.25) is 9.59 Å². The van der Waals surface area contributed by atoms with Gasteiger partial charge in [0.15, 0.2) is 0 Å². The van der Waals surface area contributed by atoms with Gasteiger partial charge in [0.25, 0.3) is 5.56 Å². The van der Waals surface area contributed by atoms with E-state index in [2.05, 4.69) is 20.7 Å². The van der Waals surface area contributed by atoms with Crippen LogP contribution in [0, 0.1) is 0 Å². The second-order valence-corrected chi connectivity index (χ2v) is 5.30. The maximum Gasteiger partial charge on any atom is 0.272 e. The number of hydrogen-bond acceptors (Lipinski definition) is 4. The number of carbonyl (C=O) groups is 1. The van der Waals surface area contributed by atoms with Gasteiger partial charge >= 0.3 is 0 Å². The van der Waals surface area contributed by atoms with E-state index >= 15 is 0 Å². The minimum absolute atomic E-state index is 0.0248. The van der Waals surface area contributed by atoms with E-state index in [0.29, 0.717) is 16.5 Å². The first kappa shape index (κ1) is 16.3. The predicted octanol–water partition coefficient (Wildman–Crippen LogP) is 2.28. The monoisotopic (exact) mass is 332 g/mol. The van der Waals surface area contributed by atoms with Crippen molar-refractivity contribution in [2.24, 2.45) is 5.10 Å². The van der Waals surface area contributed by atoms with Crippen LogP contribution in [0.4, 0.5) is 0 Å². The number of nitrogens with zero attached hydrogens (tertiary/aromatic N) is 2. The average molecular weight is 332 g/mol. The van der Waals surface area contributed by atoms with Crippen LogP contribution in [-0.4, -0.2) is 22.3 Å². The van der Waals surface area contributed by atoms with E-state index in [0.717, 1.165) is 5.56 Å². The van der Waals surface area contributed by atoms with Crippen molar-refractivity contribution in [3.8, 4) is 0 Å². The molecule has 0 bridgehead atoms. The molecule has 0 spiro atoms. The third-order valence-corrected chi connectivity index (χ3v) is 3.54. The smallest absolute Gasteiger partial charge is 0.272 e. The zero-order valence-electron chi connectivity index (χ0n) is 13.3. The first-order chi connectivity index (χ1) is 12.2. The van der Waals surface area contributed by atoms with Crippen molar-refractivity contribution >= 4 is 29.0 Å². The normalized spacial score (nSPS) is 11.4. The summed E-state index contributed by atoms with van der Waals surface area (Å²) >= 11 is 0. The summed E-state index contributed by atoms with van der Waals surface area (Å²) in [5.41, 5.74) is 3.72. The third-order valence-electron chi connectivity index (χ3n) is 3.54. The molecule has 0 saturated heterocycles. The highest BCUT2D eigenvalue weighted by molar-refractivity contribution is 5.88. The van der Waals surface area contributed by atoms with E-state index < -0.39 is 0 Å². The minimum atomic E-state index is -0.311. The van der Waals surface area contributed by atoms with Crippen LogP contribution in [-0.2, 0) is 11.2 Å². The Labute approximate surface area is 143 Å². The van der Waals surface area contributed by atoms with Gasteiger partial charge in [0.1, 0.15) is 0 Å². The summed E-state index contributed by atoms with van der Waals surface area (Å²) in [4.78, 5) is 23.7. The van der Waals surface area contributed by atoms with Gasteiger partial charge in [-0.2, -0.15) is 10.2 Å². The van der Waals surface area contributed by atoms with Crippen molar-refractivity contribution in [2.45, 2.75) is 6.42 Å². The van der Waals surface area contributed by atoms with Crippen LogP contribution >= 0.6 is 0 Å². The van der Waals surface area contributed by atoms with Gasteiger partial charge in [-0.25, -0.2) is 10.5 Å². The Kier molecular flexibility index (Phi) is 5.11. The van der Waals surface area contributed by atoms with Crippen molar-refractivity contribution in [3.63, 3.8) is 0 Å². The molecule has 0 aliphatic rings. The molecular formula is C19H16N4O2. The summed E-state index contributed by atoms with van der Waals surface area (Å²) in [5.74, 6) is -0.311. The zero-order valence-corrected chi connectivity index (χ0v) is 13.3. The lowest BCUT2D eigenvalue weighted by molar-refractivity contribution is -0.120. The molecule has 124 valence electrons. The van der Waals surface area contributed by atoms with Crippen molar-refractivity contribution in [3.05, 3.63) is 82.3 Å². The lowest BCUT2D eigenvalue weighted by Crippen LogP contribution is -2.22. The third kappa shape index (κ3) is 4.26. The predicted molar refractivity (Wildman–Crippen MR) is 98.2 cm³/mol. The van der Waals surface area contributed by atoms with E-state index in [1.54, 1.807) is 30.3 Å². The standard InChI is InChI=1S/C19H16N4O2/c24-18(22-20-12-6-9-14-7-2-1-3-8-14)13-17-15-10-4-5-11-16(15)19(25)23-21-17/h1-12H,13H2,(H,22,24)(H,23,25)/b9-6+,20-12+. The van der Waals surface area contributed by atoms with Crippen LogP contribution in [0.25, 0.3) is 16.8 Å². The summed E-state index contributed by atoms with van der Waals surface area (Å²) in [6.07, 6.45) is 5.15. The Morgan fingerprint density at radius 1 is 1.08 bits per heavy atom. The first-order valence-corrected chi connectivity index (χ1v) is 7.74. The van der Waals surface area contributed by atoms with Crippen LogP contribution in [0.2, 0.25) is 0 Å². The molecule has 3 aromatic rings. The number of aromatic amines is 1. The molecule has 0 aliphatic heterocycles. The Morgan fingerprint density at radius 3 is 2.60 bits per heavy atom. The lowest BCUT2D eigenvalue weighted by Gasteiger charge is -2.03. The Hall–Kier alpha value is -3.54. The maximum absolute atomic E-state index is 12.0. The topological polar surface area (TPSA) is 87.2 Å². The number of allylic oxidation sites excluding steroid dienone is 1. The molecule has 2 aromatic carbocycles. The summed E-state index contributed by atoms with van der Waals surface area (Å²) < 4.78 is 0. The summed E-state index contributed by atoms with van der Waals surface area (Å²) in [7, 11) is 0. The molecule has 3 rings (SSSR count). The molecule has 1 heterocycles. The highest BCUT2D eigenvalue weighted by Crippen LogP contribution is 2.12. The van der Waals surface area contributed by atoms with Crippen LogP contribution in [0.5, 0.6) is 0 Å². The number of H-pyrrole nitrogens is 1. The molecule has 0 aliphatic carbocycles. The van der Waals surface area contributed by atoms with Crippen LogP contribution in [0.1, 0.15) is 11.3 Å². The number of benzene rings is 2. The van der Waals surface area contributed by atoms with Gasteiger partial charge < -0.3 is 0 Å². The molecule has 0 fully saturated rings. The maximum atomic E-state index is 12.0. The number of nitrogens with one attached hydrogen (secondary N) is 2. The fourth-order valence-corrected chi connectivity index (χ4v) is 2.37. The fourth-order valence-electron chi connectivity index (χ4n) is 2.37. The van der Waals surface area contributed by atoms with Crippen LogP contribution in [0.15, 0.2) is 70.6 Å². The quantitative estimate of drug-likeness (QED) is 0.555. The highest BCUT2D eigenvalue weighted by atomic mass is 16.2. The van der Waals surface area contributed by atoms with Crippen LogP contribution < -0.4 is 11.0 Å². The van der Waals surface area contributed by atoms with Gasteiger partial charge in [-0.15, -0.1) is 0 Å². The summed E-state index contributed by atoms with van der Waals surface area (Å²) in [6.45, 7) is 0. The van der Waals surface area contributed by atoms with Crippen molar-refractivity contribution in [2.75, 3.05) is 0 Å². The molecule has 1 amide bonds. The first-order valence-electron chi connectivity index (χ1n) is 7.74. The molecule has 0 unspecified atom stereocenters. The molecule has 0 atom stereocenters. The number of rotatable bonds is 5. The van der Waals surface area contributed by atoms with E-state index in [-0.39, 0.29) is 17.9 Å². The molecule has 6 nitrogen and oxygen atoms in total. The number of amides is 1. The largest absolute Gasteiger partial charge is 0.273 e. The second kappa shape index (κ2) is 7.83. The molecule has 6 heteroatoms.